The molecule has 2 aliphatic rings. The number of nitrogens with one attached hydrogen (secondary N) is 1. The van der Waals surface area contributed by atoms with E-state index < -0.39 is 21.7 Å². The van der Waals surface area contributed by atoms with Crippen LogP contribution in [0.25, 0.3) is 4.85 Å². The summed E-state index contributed by atoms with van der Waals surface area (Å²) < 4.78 is 45.6. The molecule has 0 spiro atoms. The van der Waals surface area contributed by atoms with Crippen molar-refractivity contribution in [1.82, 2.24) is 9.62 Å². The summed E-state index contributed by atoms with van der Waals surface area (Å²) >= 11 is 0. The number of amides is 1. The van der Waals surface area contributed by atoms with Gasteiger partial charge in [0, 0.05) is 25.1 Å². The SMILES string of the molecule is [C-]#[N+]c1ccc([C@@H](c2ccccc2)N2CC(COc3cc(F)c(C(=O)NS(C)(=O)=O)cc3C3CC3)C2)cc1. The average molecular weight is 534 g/mol. The van der Waals surface area contributed by atoms with E-state index in [0.717, 1.165) is 43.3 Å². The highest BCUT2D eigenvalue weighted by molar-refractivity contribution is 7.89. The number of hydrogen-bond acceptors (Lipinski definition) is 5. The highest BCUT2D eigenvalue weighted by Crippen LogP contribution is 2.45. The van der Waals surface area contributed by atoms with Gasteiger partial charge in [0.1, 0.15) is 11.6 Å². The predicted octanol–water partition coefficient (Wildman–Crippen LogP) is 5.04. The lowest BCUT2D eigenvalue weighted by atomic mass is 9.90. The van der Waals surface area contributed by atoms with Crippen LogP contribution in [0.5, 0.6) is 5.75 Å². The maximum absolute atomic E-state index is 14.8. The quantitative estimate of drug-likeness (QED) is 0.390. The van der Waals surface area contributed by atoms with Crippen LogP contribution in [-0.4, -0.2) is 45.2 Å². The molecule has 196 valence electrons. The van der Waals surface area contributed by atoms with Gasteiger partial charge in [0.05, 0.1) is 31.0 Å². The highest BCUT2D eigenvalue weighted by Gasteiger charge is 2.35. The first-order valence-electron chi connectivity index (χ1n) is 12.5. The van der Waals surface area contributed by atoms with Crippen LogP contribution in [0.4, 0.5) is 10.1 Å². The van der Waals surface area contributed by atoms with Crippen LogP contribution in [0.2, 0.25) is 0 Å². The van der Waals surface area contributed by atoms with Crippen molar-refractivity contribution < 1.29 is 22.3 Å². The van der Waals surface area contributed by atoms with Gasteiger partial charge in [-0.15, -0.1) is 0 Å². The molecular weight excluding hydrogens is 505 g/mol. The van der Waals surface area contributed by atoms with Crippen LogP contribution < -0.4 is 9.46 Å². The van der Waals surface area contributed by atoms with Crippen LogP contribution >= 0.6 is 0 Å². The zero-order valence-electron chi connectivity index (χ0n) is 20.9. The molecule has 3 aromatic rings. The maximum atomic E-state index is 14.8. The van der Waals surface area contributed by atoms with Gasteiger partial charge >= 0.3 is 0 Å². The fourth-order valence-corrected chi connectivity index (χ4v) is 5.37. The third kappa shape index (κ3) is 5.87. The van der Waals surface area contributed by atoms with Gasteiger partial charge < -0.3 is 4.74 Å². The van der Waals surface area contributed by atoms with Crippen molar-refractivity contribution in [2.75, 3.05) is 26.0 Å². The van der Waals surface area contributed by atoms with Crippen LogP contribution in [0.3, 0.4) is 0 Å². The van der Waals surface area contributed by atoms with E-state index in [-0.39, 0.29) is 23.4 Å². The molecular formula is C29H28FN3O4S. The molecule has 1 saturated heterocycles. The van der Waals surface area contributed by atoms with E-state index in [2.05, 4.69) is 21.9 Å². The number of rotatable bonds is 9. The van der Waals surface area contributed by atoms with E-state index in [0.29, 0.717) is 18.0 Å². The minimum atomic E-state index is -3.80. The first-order valence-corrected chi connectivity index (χ1v) is 14.4. The predicted molar refractivity (Wildman–Crippen MR) is 142 cm³/mol. The first kappa shape index (κ1) is 25.9. The van der Waals surface area contributed by atoms with Crippen LogP contribution in [0.1, 0.15) is 51.8 Å². The summed E-state index contributed by atoms with van der Waals surface area (Å²) in [5.41, 5.74) is 3.33. The Hall–Kier alpha value is -3.74. The van der Waals surface area contributed by atoms with Crippen LogP contribution in [-0.2, 0) is 10.0 Å². The summed E-state index contributed by atoms with van der Waals surface area (Å²) in [6, 6.07) is 20.6. The van der Waals surface area contributed by atoms with Gasteiger partial charge in [0.2, 0.25) is 10.0 Å². The van der Waals surface area contributed by atoms with E-state index in [1.807, 2.05) is 47.2 Å². The Morgan fingerprint density at radius 1 is 1.11 bits per heavy atom. The molecule has 1 atom stereocenters. The van der Waals surface area contributed by atoms with Crippen LogP contribution in [0, 0.1) is 18.3 Å². The summed E-state index contributed by atoms with van der Waals surface area (Å²) in [6.45, 7) is 9.21. The number of carbonyl (C=O) groups excluding carboxylic acids is 1. The molecule has 1 aliphatic carbocycles. The fourth-order valence-electron chi connectivity index (χ4n) is 4.92. The monoisotopic (exact) mass is 533 g/mol. The number of ether oxygens (including phenoxy) is 1. The van der Waals surface area contributed by atoms with E-state index in [1.165, 1.54) is 17.7 Å². The van der Waals surface area contributed by atoms with Crippen molar-refractivity contribution in [3.05, 3.63) is 106 Å². The molecule has 0 unspecified atom stereocenters. The number of halogens is 1. The Balaban J connectivity index is 1.28. The molecule has 1 saturated carbocycles. The topological polar surface area (TPSA) is 80.1 Å². The van der Waals surface area contributed by atoms with Gasteiger partial charge in [-0.25, -0.2) is 22.4 Å². The molecule has 3 aromatic carbocycles. The van der Waals surface area contributed by atoms with Crippen molar-refractivity contribution in [1.29, 1.82) is 0 Å². The van der Waals surface area contributed by atoms with Gasteiger partial charge in [0.25, 0.3) is 5.91 Å². The Labute approximate surface area is 222 Å². The van der Waals surface area contributed by atoms with Crippen LogP contribution in [0.15, 0.2) is 66.7 Å². The van der Waals surface area contributed by atoms with E-state index in [1.54, 1.807) is 0 Å². The van der Waals surface area contributed by atoms with Crippen molar-refractivity contribution in [2.45, 2.75) is 24.8 Å². The van der Waals surface area contributed by atoms with Crippen molar-refractivity contribution in [3.63, 3.8) is 0 Å². The lowest BCUT2D eigenvalue weighted by Gasteiger charge is -2.44. The normalized spacial score (nSPS) is 16.8. The number of nitrogens with zero attached hydrogens (tertiary/aromatic N) is 2. The third-order valence-electron chi connectivity index (χ3n) is 6.92. The standard InChI is InChI=1S/C29H28FN3O4S/c1-31-23-12-10-22(11-13-23)28(21-6-4-3-5-7-21)33-16-19(17-33)18-37-27-15-26(30)25(14-24(27)20-8-9-20)29(34)32-38(2,35)36/h3-7,10-15,19-20,28H,8-9,16-18H2,2H3,(H,32,34)/t28-/m1/s1. The maximum Gasteiger partial charge on any atom is 0.267 e. The second kappa shape index (κ2) is 10.6. The molecule has 9 heteroatoms. The smallest absolute Gasteiger partial charge is 0.267 e. The Morgan fingerprint density at radius 3 is 2.37 bits per heavy atom. The highest BCUT2D eigenvalue weighted by atomic mass is 32.2. The van der Waals surface area contributed by atoms with E-state index >= 15 is 0 Å². The van der Waals surface area contributed by atoms with Crippen molar-refractivity contribution in [3.8, 4) is 5.75 Å². The number of sulfonamides is 1. The van der Waals surface area contributed by atoms with Gasteiger partial charge in [-0.2, -0.15) is 0 Å². The number of carbonyl (C=O) groups is 1. The molecule has 0 bridgehead atoms. The molecule has 7 nitrogen and oxygen atoms in total. The minimum absolute atomic E-state index is 0.0549. The van der Waals surface area contributed by atoms with Gasteiger partial charge in [-0.05, 0) is 41.5 Å². The summed E-state index contributed by atoms with van der Waals surface area (Å²) in [7, 11) is -3.80. The van der Waals surface area contributed by atoms with Gasteiger partial charge in [-0.1, -0.05) is 54.6 Å². The zero-order chi connectivity index (χ0) is 26.9. The fraction of sp³-hybridized carbons (Fsp3) is 0.310. The summed E-state index contributed by atoms with van der Waals surface area (Å²) in [4.78, 5) is 18.1. The lowest BCUT2D eigenvalue weighted by molar-refractivity contribution is 0.0375. The average Bonchev–Trinajstić information content (AvgIpc) is 3.70. The number of likely N-dealkylation sites (tertiary alicyclic amines) is 1. The van der Waals surface area contributed by atoms with Crippen molar-refractivity contribution >= 4 is 21.6 Å². The Morgan fingerprint density at radius 2 is 1.76 bits per heavy atom. The van der Waals surface area contributed by atoms with E-state index in [9.17, 15) is 17.6 Å². The molecule has 1 aliphatic heterocycles. The molecule has 0 aromatic heterocycles. The molecule has 1 amide bonds. The summed E-state index contributed by atoms with van der Waals surface area (Å²) in [5.74, 6) is -0.966. The molecule has 1 N–H and O–H groups in total. The lowest BCUT2D eigenvalue weighted by Crippen LogP contribution is -2.51. The second-order valence-electron chi connectivity index (χ2n) is 9.99. The first-order chi connectivity index (χ1) is 18.2. The second-order valence-corrected chi connectivity index (χ2v) is 11.7. The number of benzene rings is 3. The summed E-state index contributed by atoms with van der Waals surface area (Å²) in [6.07, 6.45) is 2.68. The Kier molecular flexibility index (Phi) is 7.19. The van der Waals surface area contributed by atoms with E-state index in [4.69, 9.17) is 11.3 Å². The van der Waals surface area contributed by atoms with Crippen molar-refractivity contribution in [2.24, 2.45) is 5.92 Å². The minimum Gasteiger partial charge on any atom is -0.493 e. The molecule has 38 heavy (non-hydrogen) atoms. The third-order valence-corrected chi connectivity index (χ3v) is 7.47. The molecule has 0 radical (unpaired) electrons. The molecule has 5 rings (SSSR count). The van der Waals surface area contributed by atoms with Gasteiger partial charge in [-0.3, -0.25) is 9.69 Å². The molecule has 2 fully saturated rings. The zero-order valence-corrected chi connectivity index (χ0v) is 21.7. The van der Waals surface area contributed by atoms with Gasteiger partial charge in [0.15, 0.2) is 5.69 Å². The Bertz CT molecular complexity index is 1480. The summed E-state index contributed by atoms with van der Waals surface area (Å²) in [5, 5.41) is 0. The molecule has 1 heterocycles. The largest absolute Gasteiger partial charge is 0.493 e. The number of hydrogen-bond donors (Lipinski definition) is 1.